The van der Waals surface area contributed by atoms with Gasteiger partial charge >= 0.3 is 0 Å². The van der Waals surface area contributed by atoms with Crippen molar-refractivity contribution in [3.05, 3.63) is 88.7 Å². The number of rotatable bonds is 8. The number of furan rings is 1. The van der Waals surface area contributed by atoms with Gasteiger partial charge in [0.1, 0.15) is 0 Å². The third-order valence-corrected chi connectivity index (χ3v) is 8.71. The lowest BCUT2D eigenvalue weighted by molar-refractivity contribution is 0.0730. The molecular weight excluding hydrogens is 482 g/mol. The van der Waals surface area contributed by atoms with Crippen LogP contribution in [0.3, 0.4) is 0 Å². The lowest BCUT2D eigenvalue weighted by Gasteiger charge is -2.26. The van der Waals surface area contributed by atoms with Gasteiger partial charge in [-0.2, -0.15) is 4.31 Å². The minimum Gasteiger partial charge on any atom is -0.463 e. The van der Waals surface area contributed by atoms with Crippen LogP contribution in [0.4, 0.5) is 5.69 Å². The standard InChI is InChI=1S/C26H27N3O4S2/c30-35(31,28-15-18-32-19-16-28)23-12-10-22(11-13-23)27-26-29(14-4-8-21-6-2-1-3-7-21)24(20-34-26)25-9-5-17-33-25/h1-3,5-7,9-13,17,20H,4,8,14-16,18-19H2. The number of aromatic nitrogens is 1. The fraction of sp³-hybridized carbons (Fsp3) is 0.269. The van der Waals surface area contributed by atoms with Crippen molar-refractivity contribution >= 4 is 27.0 Å². The molecule has 1 saturated heterocycles. The Morgan fingerprint density at radius 1 is 0.943 bits per heavy atom. The van der Waals surface area contributed by atoms with E-state index in [0.29, 0.717) is 32.0 Å². The molecule has 1 aliphatic heterocycles. The van der Waals surface area contributed by atoms with Gasteiger partial charge in [-0.1, -0.05) is 30.3 Å². The second kappa shape index (κ2) is 10.7. The number of nitrogens with zero attached hydrogens (tertiary/aromatic N) is 3. The van der Waals surface area contributed by atoms with Gasteiger partial charge in [0.15, 0.2) is 10.6 Å². The monoisotopic (exact) mass is 509 g/mol. The average molecular weight is 510 g/mol. The number of hydrogen-bond acceptors (Lipinski definition) is 6. The third kappa shape index (κ3) is 5.48. The molecule has 0 amide bonds. The van der Waals surface area contributed by atoms with Gasteiger partial charge in [0.2, 0.25) is 10.0 Å². The lowest BCUT2D eigenvalue weighted by atomic mass is 10.1. The van der Waals surface area contributed by atoms with Crippen LogP contribution in [0, 0.1) is 0 Å². The summed E-state index contributed by atoms with van der Waals surface area (Å²) >= 11 is 1.54. The maximum Gasteiger partial charge on any atom is 0.243 e. The Balaban J connectivity index is 1.40. The fourth-order valence-corrected chi connectivity index (χ4v) is 6.43. The van der Waals surface area contributed by atoms with E-state index >= 15 is 0 Å². The Labute approximate surface area is 209 Å². The normalized spacial score (nSPS) is 15.5. The number of hydrogen-bond donors (Lipinski definition) is 0. The number of aryl methyl sites for hydroxylation is 1. The number of sulfonamides is 1. The third-order valence-electron chi connectivity index (χ3n) is 5.93. The predicted molar refractivity (Wildman–Crippen MR) is 136 cm³/mol. The van der Waals surface area contributed by atoms with E-state index in [4.69, 9.17) is 14.1 Å². The second-order valence-corrected chi connectivity index (χ2v) is 11.0. The molecule has 0 spiro atoms. The summed E-state index contributed by atoms with van der Waals surface area (Å²) in [5, 5.41) is 2.05. The van der Waals surface area contributed by atoms with Crippen LogP contribution in [-0.2, 0) is 27.7 Å². The van der Waals surface area contributed by atoms with Crippen LogP contribution < -0.4 is 4.80 Å². The van der Waals surface area contributed by atoms with Crippen molar-refractivity contribution in [2.24, 2.45) is 4.99 Å². The Morgan fingerprint density at radius 2 is 1.71 bits per heavy atom. The minimum absolute atomic E-state index is 0.275. The zero-order valence-corrected chi connectivity index (χ0v) is 20.9. The van der Waals surface area contributed by atoms with Crippen molar-refractivity contribution in [1.29, 1.82) is 0 Å². The summed E-state index contributed by atoms with van der Waals surface area (Å²) in [4.78, 5) is 5.96. The first-order valence-corrected chi connectivity index (χ1v) is 13.9. The van der Waals surface area contributed by atoms with E-state index in [9.17, 15) is 8.42 Å². The van der Waals surface area contributed by atoms with E-state index < -0.39 is 10.0 Å². The molecule has 0 unspecified atom stereocenters. The van der Waals surface area contributed by atoms with Crippen LogP contribution in [0.5, 0.6) is 0 Å². The molecule has 2 aromatic carbocycles. The summed E-state index contributed by atoms with van der Waals surface area (Å²) < 4.78 is 40.4. The SMILES string of the molecule is O=S(=O)(c1ccc(N=c2scc(-c3ccco3)n2CCCc2ccccc2)cc1)N1CCOCC1. The van der Waals surface area contributed by atoms with Gasteiger partial charge in [-0.15, -0.1) is 11.3 Å². The van der Waals surface area contributed by atoms with Crippen molar-refractivity contribution in [1.82, 2.24) is 8.87 Å². The molecule has 0 bridgehead atoms. The van der Waals surface area contributed by atoms with Crippen LogP contribution >= 0.6 is 11.3 Å². The largest absolute Gasteiger partial charge is 0.463 e. The molecule has 1 fully saturated rings. The van der Waals surface area contributed by atoms with Crippen molar-refractivity contribution in [3.8, 4) is 11.5 Å². The second-order valence-electron chi connectivity index (χ2n) is 8.24. The summed E-state index contributed by atoms with van der Waals surface area (Å²) in [6.45, 7) is 2.39. The molecule has 2 aromatic heterocycles. The topological polar surface area (TPSA) is 77.0 Å². The Morgan fingerprint density at radius 3 is 2.43 bits per heavy atom. The van der Waals surface area contributed by atoms with Gasteiger partial charge in [-0.25, -0.2) is 13.4 Å². The van der Waals surface area contributed by atoms with E-state index in [1.165, 1.54) is 9.87 Å². The van der Waals surface area contributed by atoms with Gasteiger partial charge in [-0.05, 0) is 54.8 Å². The molecule has 3 heterocycles. The van der Waals surface area contributed by atoms with Gasteiger partial charge in [0.25, 0.3) is 0 Å². The first kappa shape index (κ1) is 23.7. The zero-order valence-electron chi connectivity index (χ0n) is 19.2. The van der Waals surface area contributed by atoms with Gasteiger partial charge < -0.3 is 13.7 Å². The van der Waals surface area contributed by atoms with Crippen molar-refractivity contribution in [2.45, 2.75) is 24.3 Å². The molecule has 0 atom stereocenters. The Kier molecular flexibility index (Phi) is 7.29. The van der Waals surface area contributed by atoms with E-state index in [1.807, 2.05) is 18.2 Å². The first-order chi connectivity index (χ1) is 17.1. The van der Waals surface area contributed by atoms with Crippen molar-refractivity contribution in [2.75, 3.05) is 26.3 Å². The molecule has 0 aliphatic carbocycles. The highest BCUT2D eigenvalue weighted by molar-refractivity contribution is 7.89. The zero-order chi connectivity index (χ0) is 24.1. The van der Waals surface area contributed by atoms with E-state index in [0.717, 1.165) is 35.6 Å². The quantitative estimate of drug-likeness (QED) is 0.345. The summed E-state index contributed by atoms with van der Waals surface area (Å²) in [5.41, 5.74) is 2.99. The molecule has 182 valence electrons. The summed E-state index contributed by atoms with van der Waals surface area (Å²) in [5.74, 6) is 0.800. The highest BCUT2D eigenvalue weighted by Crippen LogP contribution is 2.23. The molecule has 35 heavy (non-hydrogen) atoms. The van der Waals surface area contributed by atoms with Crippen LogP contribution in [0.1, 0.15) is 12.0 Å². The molecule has 0 N–H and O–H groups in total. The molecule has 0 saturated carbocycles. The maximum absolute atomic E-state index is 12.9. The molecule has 0 radical (unpaired) electrons. The number of morpholine rings is 1. The van der Waals surface area contributed by atoms with E-state index in [1.54, 1.807) is 41.9 Å². The predicted octanol–water partition coefficient (Wildman–Crippen LogP) is 4.70. The number of benzene rings is 2. The Bertz CT molecular complexity index is 1400. The smallest absolute Gasteiger partial charge is 0.243 e. The van der Waals surface area contributed by atoms with Crippen molar-refractivity contribution < 1.29 is 17.6 Å². The van der Waals surface area contributed by atoms with Crippen LogP contribution in [0.25, 0.3) is 11.5 Å². The summed E-state index contributed by atoms with van der Waals surface area (Å²) in [6, 6.07) is 21.0. The lowest BCUT2D eigenvalue weighted by Crippen LogP contribution is -2.40. The van der Waals surface area contributed by atoms with Crippen LogP contribution in [0.2, 0.25) is 0 Å². The molecular formula is C26H27N3O4S2. The molecule has 4 aromatic rings. The van der Waals surface area contributed by atoms with Gasteiger partial charge in [-0.3, -0.25) is 0 Å². The minimum atomic E-state index is -3.53. The molecule has 7 nitrogen and oxygen atoms in total. The van der Waals surface area contributed by atoms with Gasteiger partial charge in [0.05, 0.1) is 35.8 Å². The average Bonchev–Trinajstić information content (AvgIpc) is 3.56. The highest BCUT2D eigenvalue weighted by Gasteiger charge is 2.26. The molecule has 9 heteroatoms. The molecule has 5 rings (SSSR count). The van der Waals surface area contributed by atoms with Crippen molar-refractivity contribution in [3.63, 3.8) is 0 Å². The van der Waals surface area contributed by atoms with Gasteiger partial charge in [0, 0.05) is 25.0 Å². The Hall–Kier alpha value is -2.98. The first-order valence-electron chi connectivity index (χ1n) is 11.6. The maximum atomic E-state index is 12.9. The van der Waals surface area contributed by atoms with Crippen LogP contribution in [-0.4, -0.2) is 43.6 Å². The number of thiazole rings is 1. The summed E-state index contributed by atoms with van der Waals surface area (Å²) in [7, 11) is -3.53. The fourth-order valence-electron chi connectivity index (χ4n) is 4.08. The number of ether oxygens (including phenoxy) is 1. The van der Waals surface area contributed by atoms with E-state index in [-0.39, 0.29) is 4.90 Å². The summed E-state index contributed by atoms with van der Waals surface area (Å²) in [6.07, 6.45) is 3.60. The molecule has 1 aliphatic rings. The van der Waals surface area contributed by atoms with E-state index in [2.05, 4.69) is 34.2 Å². The van der Waals surface area contributed by atoms with Crippen LogP contribution in [0.15, 0.2) is 92.7 Å². The highest BCUT2D eigenvalue weighted by atomic mass is 32.2.